The quantitative estimate of drug-likeness (QED) is 0.900. The zero-order valence-corrected chi connectivity index (χ0v) is 13.7. The first-order chi connectivity index (χ1) is 11.1. The number of nitrogens with zero attached hydrogens (tertiary/aromatic N) is 3. The van der Waals surface area contributed by atoms with Gasteiger partial charge in [0.05, 0.1) is 6.20 Å². The number of pyridine rings is 1. The third kappa shape index (κ3) is 2.93. The van der Waals surface area contributed by atoms with Crippen molar-refractivity contribution in [2.24, 2.45) is 4.99 Å². The highest BCUT2D eigenvalue weighted by molar-refractivity contribution is 5.83. The Morgan fingerprint density at radius 1 is 1.43 bits per heavy atom. The van der Waals surface area contributed by atoms with Gasteiger partial charge in [0.1, 0.15) is 12.0 Å². The number of halogens is 1. The predicted octanol–water partition coefficient (Wildman–Crippen LogP) is 2.46. The molecule has 3 rings (SSSR count). The monoisotopic (exact) mass is 315 g/mol. The van der Waals surface area contributed by atoms with Gasteiger partial charge in [-0.1, -0.05) is 0 Å². The minimum Gasteiger partial charge on any atom is -0.356 e. The van der Waals surface area contributed by atoms with Crippen LogP contribution in [-0.2, 0) is 0 Å². The highest BCUT2D eigenvalue weighted by Crippen LogP contribution is 2.35. The maximum absolute atomic E-state index is 14.1. The van der Waals surface area contributed by atoms with Crippen molar-refractivity contribution >= 4 is 11.5 Å². The van der Waals surface area contributed by atoms with E-state index in [0.29, 0.717) is 12.0 Å². The van der Waals surface area contributed by atoms with Gasteiger partial charge in [-0.15, -0.1) is 0 Å². The predicted molar refractivity (Wildman–Crippen MR) is 89.9 cm³/mol. The summed E-state index contributed by atoms with van der Waals surface area (Å²) in [4.78, 5) is 10.6. The SMILES string of the molecule is CCNC1=NC(C)=C2CC(c3ccncc3F)=CN(CC)C2N1. The lowest BCUT2D eigenvalue weighted by atomic mass is 9.92. The maximum atomic E-state index is 14.1. The summed E-state index contributed by atoms with van der Waals surface area (Å²) in [6.07, 6.45) is 5.69. The van der Waals surface area contributed by atoms with E-state index in [1.807, 2.05) is 20.0 Å². The second-order valence-corrected chi connectivity index (χ2v) is 5.67. The van der Waals surface area contributed by atoms with Gasteiger partial charge in [0.2, 0.25) is 0 Å². The number of nitrogens with one attached hydrogen (secondary N) is 2. The van der Waals surface area contributed by atoms with Crippen LogP contribution in [0.3, 0.4) is 0 Å². The molecular formula is C17H22FN5. The molecule has 3 heterocycles. The number of allylic oxidation sites excluding steroid dienone is 2. The number of hydrogen-bond donors (Lipinski definition) is 2. The smallest absolute Gasteiger partial charge is 0.198 e. The summed E-state index contributed by atoms with van der Waals surface area (Å²) >= 11 is 0. The summed E-state index contributed by atoms with van der Waals surface area (Å²) < 4.78 is 14.1. The summed E-state index contributed by atoms with van der Waals surface area (Å²) in [5.41, 5.74) is 3.74. The van der Waals surface area contributed by atoms with Crippen LogP contribution in [0.15, 0.2) is 40.9 Å². The Kier molecular flexibility index (Phi) is 4.32. The Labute approximate surface area is 136 Å². The zero-order chi connectivity index (χ0) is 16.4. The average Bonchev–Trinajstić information content (AvgIpc) is 2.55. The van der Waals surface area contributed by atoms with E-state index in [0.717, 1.165) is 30.3 Å². The van der Waals surface area contributed by atoms with Crippen molar-refractivity contribution in [3.05, 3.63) is 47.3 Å². The van der Waals surface area contributed by atoms with Crippen LogP contribution in [0.1, 0.15) is 32.8 Å². The van der Waals surface area contributed by atoms with Crippen LogP contribution in [0.5, 0.6) is 0 Å². The molecule has 6 heteroatoms. The third-order valence-corrected chi connectivity index (χ3v) is 4.21. The first-order valence-corrected chi connectivity index (χ1v) is 7.99. The zero-order valence-electron chi connectivity index (χ0n) is 13.7. The molecular weight excluding hydrogens is 293 g/mol. The molecule has 1 unspecified atom stereocenters. The standard InChI is InChI=1S/C17H22FN5/c1-4-20-17-21-11(3)14-8-12(10-23(5-2)16(14)22-17)13-6-7-19-9-15(13)18/h6-7,9-10,16H,4-5,8H2,1-3H3,(H2,20,21,22). The Morgan fingerprint density at radius 3 is 2.96 bits per heavy atom. The van der Waals surface area contributed by atoms with Crippen molar-refractivity contribution < 1.29 is 4.39 Å². The average molecular weight is 315 g/mol. The largest absolute Gasteiger partial charge is 0.356 e. The third-order valence-electron chi connectivity index (χ3n) is 4.21. The van der Waals surface area contributed by atoms with Gasteiger partial charge in [-0.25, -0.2) is 9.38 Å². The summed E-state index contributed by atoms with van der Waals surface area (Å²) in [6.45, 7) is 7.79. The van der Waals surface area contributed by atoms with Crippen LogP contribution in [-0.4, -0.2) is 35.1 Å². The minimum absolute atomic E-state index is 0.0696. The summed E-state index contributed by atoms with van der Waals surface area (Å²) in [7, 11) is 0. The highest BCUT2D eigenvalue weighted by Gasteiger charge is 2.31. The van der Waals surface area contributed by atoms with Gasteiger partial charge >= 0.3 is 0 Å². The maximum Gasteiger partial charge on any atom is 0.198 e. The number of rotatable bonds is 3. The minimum atomic E-state index is -0.285. The summed E-state index contributed by atoms with van der Waals surface area (Å²) in [5.74, 6) is 0.510. The fourth-order valence-electron chi connectivity index (χ4n) is 3.05. The van der Waals surface area contributed by atoms with Crippen molar-refractivity contribution in [3.63, 3.8) is 0 Å². The molecule has 2 aliphatic rings. The van der Waals surface area contributed by atoms with E-state index in [1.165, 1.54) is 11.8 Å². The fraction of sp³-hybridized carbons (Fsp3) is 0.412. The topological polar surface area (TPSA) is 52.6 Å². The van der Waals surface area contributed by atoms with Gasteiger partial charge in [0, 0.05) is 43.2 Å². The lowest BCUT2D eigenvalue weighted by Gasteiger charge is -2.40. The van der Waals surface area contributed by atoms with E-state index >= 15 is 0 Å². The number of aromatic nitrogens is 1. The number of hydrogen-bond acceptors (Lipinski definition) is 5. The van der Waals surface area contributed by atoms with Gasteiger partial charge < -0.3 is 15.5 Å². The first-order valence-electron chi connectivity index (χ1n) is 7.99. The molecule has 2 aliphatic heterocycles. The fourth-order valence-corrected chi connectivity index (χ4v) is 3.05. The van der Waals surface area contributed by atoms with Crippen molar-refractivity contribution in [1.82, 2.24) is 20.5 Å². The van der Waals surface area contributed by atoms with Crippen LogP contribution >= 0.6 is 0 Å². The Hall–Kier alpha value is -2.37. The summed E-state index contributed by atoms with van der Waals surface area (Å²) in [6, 6.07) is 1.73. The molecule has 23 heavy (non-hydrogen) atoms. The number of aliphatic imine (C=N–C) groups is 1. The van der Waals surface area contributed by atoms with Crippen LogP contribution < -0.4 is 10.6 Å². The Morgan fingerprint density at radius 2 is 2.26 bits per heavy atom. The van der Waals surface area contributed by atoms with Crippen LogP contribution in [0, 0.1) is 5.82 Å². The van der Waals surface area contributed by atoms with E-state index in [2.05, 4.69) is 32.4 Å². The lowest BCUT2D eigenvalue weighted by Crippen LogP contribution is -2.54. The molecule has 0 amide bonds. The van der Waals surface area contributed by atoms with E-state index < -0.39 is 0 Å². The van der Waals surface area contributed by atoms with E-state index in [-0.39, 0.29) is 12.0 Å². The van der Waals surface area contributed by atoms with Crippen molar-refractivity contribution in [2.45, 2.75) is 33.4 Å². The van der Waals surface area contributed by atoms with Crippen LogP contribution in [0.2, 0.25) is 0 Å². The molecule has 0 bridgehead atoms. The molecule has 122 valence electrons. The van der Waals surface area contributed by atoms with Crippen molar-refractivity contribution in [3.8, 4) is 0 Å². The van der Waals surface area contributed by atoms with E-state index in [1.54, 1.807) is 12.3 Å². The van der Waals surface area contributed by atoms with Crippen molar-refractivity contribution in [1.29, 1.82) is 0 Å². The molecule has 0 radical (unpaired) electrons. The summed E-state index contributed by atoms with van der Waals surface area (Å²) in [5, 5.41) is 6.66. The van der Waals surface area contributed by atoms with Crippen molar-refractivity contribution in [2.75, 3.05) is 13.1 Å². The lowest BCUT2D eigenvalue weighted by molar-refractivity contribution is 0.289. The second-order valence-electron chi connectivity index (χ2n) is 5.67. The first kappa shape index (κ1) is 15.5. The molecule has 2 N–H and O–H groups in total. The molecule has 0 aromatic carbocycles. The molecule has 1 atom stereocenters. The Balaban J connectivity index is 1.99. The number of fused-ring (bicyclic) bond motifs is 1. The van der Waals surface area contributed by atoms with Gasteiger partial charge in [-0.2, -0.15) is 0 Å². The van der Waals surface area contributed by atoms with Crippen LogP contribution in [0.25, 0.3) is 5.57 Å². The second kappa shape index (κ2) is 6.40. The Bertz CT molecular complexity index is 692. The van der Waals surface area contributed by atoms with Gasteiger partial charge in [0.15, 0.2) is 5.96 Å². The molecule has 1 aromatic rings. The molecule has 5 nitrogen and oxygen atoms in total. The van der Waals surface area contributed by atoms with E-state index in [4.69, 9.17) is 0 Å². The molecule has 0 saturated carbocycles. The van der Waals surface area contributed by atoms with E-state index in [9.17, 15) is 4.39 Å². The highest BCUT2D eigenvalue weighted by atomic mass is 19.1. The van der Waals surface area contributed by atoms with Crippen LogP contribution in [0.4, 0.5) is 4.39 Å². The number of guanidine groups is 1. The molecule has 1 aromatic heterocycles. The van der Waals surface area contributed by atoms with Gasteiger partial charge in [-0.3, -0.25) is 4.98 Å². The van der Waals surface area contributed by atoms with Gasteiger partial charge in [0.25, 0.3) is 0 Å². The molecule has 0 saturated heterocycles. The molecule has 0 spiro atoms. The molecule has 0 aliphatic carbocycles. The normalized spacial score (nSPS) is 20.5. The van der Waals surface area contributed by atoms with Gasteiger partial charge in [-0.05, 0) is 38.0 Å². The molecule has 0 fully saturated rings. The number of likely N-dealkylation sites (N-methyl/N-ethyl adjacent to an activating group) is 1.